The molecule has 9 heteroatoms. The highest BCUT2D eigenvalue weighted by atomic mass is 32.2. The van der Waals surface area contributed by atoms with E-state index in [2.05, 4.69) is 5.32 Å². The lowest BCUT2D eigenvalue weighted by molar-refractivity contribution is -0.140. The van der Waals surface area contributed by atoms with Crippen molar-refractivity contribution >= 4 is 27.5 Å². The Labute approximate surface area is 266 Å². The lowest BCUT2D eigenvalue weighted by atomic mass is 10.0. The molecule has 45 heavy (non-hydrogen) atoms. The second-order valence-electron chi connectivity index (χ2n) is 11.0. The summed E-state index contributed by atoms with van der Waals surface area (Å²) in [6.07, 6.45) is 0.985. The first-order chi connectivity index (χ1) is 21.6. The number of hydrogen-bond acceptors (Lipinski definition) is 5. The molecule has 8 nitrogen and oxygen atoms in total. The molecule has 0 saturated carbocycles. The smallest absolute Gasteiger partial charge is 0.264 e. The van der Waals surface area contributed by atoms with Crippen LogP contribution in [0.4, 0.5) is 5.69 Å². The van der Waals surface area contributed by atoms with Crippen LogP contribution in [0, 0.1) is 13.8 Å². The van der Waals surface area contributed by atoms with Crippen LogP contribution in [-0.2, 0) is 32.6 Å². The Morgan fingerprint density at radius 2 is 1.44 bits per heavy atom. The SMILES string of the molecule is CCCNC(=O)[C@@H](Cc1ccccc1)N(Cc1ccc(C)cc1)C(=O)CN(c1cc(C)ccc1OC)S(=O)(=O)c1ccccc1. The summed E-state index contributed by atoms with van der Waals surface area (Å²) in [4.78, 5) is 29.9. The number of nitrogens with one attached hydrogen (secondary N) is 1. The van der Waals surface area contributed by atoms with Crippen molar-refractivity contribution in [3.8, 4) is 5.75 Å². The van der Waals surface area contributed by atoms with E-state index in [-0.39, 0.29) is 29.5 Å². The Balaban J connectivity index is 1.83. The molecule has 0 aliphatic carbocycles. The molecule has 0 aromatic heterocycles. The number of rotatable bonds is 14. The zero-order chi connectivity index (χ0) is 32.4. The molecule has 4 rings (SSSR count). The van der Waals surface area contributed by atoms with E-state index in [0.717, 1.165) is 33.0 Å². The third kappa shape index (κ3) is 8.51. The second kappa shape index (κ2) is 15.4. The van der Waals surface area contributed by atoms with Gasteiger partial charge in [-0.3, -0.25) is 13.9 Å². The maximum atomic E-state index is 14.6. The predicted molar refractivity (Wildman–Crippen MR) is 178 cm³/mol. The Morgan fingerprint density at radius 3 is 2.07 bits per heavy atom. The standard InChI is InChI=1S/C36H41N3O5S/c1-5-22-37-36(41)33(24-29-12-8-6-9-13-29)38(25-30-19-16-27(2)17-20-30)35(40)26-39(32-23-28(3)18-21-34(32)44-4)45(42,43)31-14-10-7-11-15-31/h6-21,23,33H,5,22,24-26H2,1-4H3,(H,37,41)/t33-/m1/s1. The molecule has 0 radical (unpaired) electrons. The van der Waals surface area contributed by atoms with Gasteiger partial charge in [0.05, 0.1) is 17.7 Å². The van der Waals surface area contributed by atoms with E-state index in [1.54, 1.807) is 30.3 Å². The summed E-state index contributed by atoms with van der Waals surface area (Å²) in [5, 5.41) is 2.97. The topological polar surface area (TPSA) is 96.0 Å². The van der Waals surface area contributed by atoms with Gasteiger partial charge in [0, 0.05) is 19.5 Å². The summed E-state index contributed by atoms with van der Waals surface area (Å²) in [5.41, 5.74) is 3.79. The normalized spacial score (nSPS) is 11.8. The summed E-state index contributed by atoms with van der Waals surface area (Å²) >= 11 is 0. The number of sulfonamides is 1. The average molecular weight is 628 g/mol. The predicted octanol–water partition coefficient (Wildman–Crippen LogP) is 5.67. The molecule has 4 aromatic carbocycles. The van der Waals surface area contributed by atoms with Crippen molar-refractivity contribution in [2.24, 2.45) is 0 Å². The van der Waals surface area contributed by atoms with Gasteiger partial charge in [-0.05, 0) is 61.2 Å². The summed E-state index contributed by atoms with van der Waals surface area (Å²) < 4.78 is 35.1. The van der Waals surface area contributed by atoms with Crippen LogP contribution in [-0.4, -0.2) is 51.4 Å². The van der Waals surface area contributed by atoms with Crippen molar-refractivity contribution in [3.05, 3.63) is 125 Å². The van der Waals surface area contributed by atoms with Gasteiger partial charge in [-0.15, -0.1) is 0 Å². The highest BCUT2D eigenvalue weighted by Gasteiger charge is 2.35. The van der Waals surface area contributed by atoms with E-state index in [0.29, 0.717) is 12.3 Å². The van der Waals surface area contributed by atoms with Gasteiger partial charge in [0.25, 0.3) is 10.0 Å². The van der Waals surface area contributed by atoms with E-state index in [1.165, 1.54) is 24.1 Å². The largest absolute Gasteiger partial charge is 0.495 e. The van der Waals surface area contributed by atoms with E-state index < -0.39 is 28.5 Å². The van der Waals surface area contributed by atoms with E-state index in [1.807, 2.05) is 81.4 Å². The van der Waals surface area contributed by atoms with Crippen molar-refractivity contribution in [1.29, 1.82) is 0 Å². The van der Waals surface area contributed by atoms with Crippen LogP contribution in [0.1, 0.15) is 35.6 Å². The first kappa shape index (κ1) is 33.3. The van der Waals surface area contributed by atoms with Gasteiger partial charge in [-0.2, -0.15) is 0 Å². The summed E-state index contributed by atoms with van der Waals surface area (Å²) in [6.45, 7) is 5.80. The molecule has 2 amide bonds. The number of anilines is 1. The third-order valence-electron chi connectivity index (χ3n) is 7.51. The lowest BCUT2D eigenvalue weighted by Gasteiger charge is -2.34. The van der Waals surface area contributed by atoms with Crippen molar-refractivity contribution in [2.45, 2.75) is 51.1 Å². The Hall–Kier alpha value is -4.63. The fourth-order valence-corrected chi connectivity index (χ4v) is 6.48. The summed E-state index contributed by atoms with van der Waals surface area (Å²) in [7, 11) is -2.76. The molecule has 236 valence electrons. The van der Waals surface area contributed by atoms with Gasteiger partial charge in [0.15, 0.2) is 0 Å². The zero-order valence-corrected chi connectivity index (χ0v) is 27.1. The molecule has 0 heterocycles. The number of carbonyl (C=O) groups excluding carboxylic acids is 2. The minimum atomic E-state index is -4.22. The van der Waals surface area contributed by atoms with Crippen LogP contribution >= 0.6 is 0 Å². The molecule has 4 aromatic rings. The Bertz CT molecular complexity index is 1680. The maximum absolute atomic E-state index is 14.6. The molecule has 0 fully saturated rings. The first-order valence-electron chi connectivity index (χ1n) is 15.0. The minimum absolute atomic E-state index is 0.0352. The van der Waals surface area contributed by atoms with Crippen molar-refractivity contribution in [1.82, 2.24) is 10.2 Å². The molecule has 0 bridgehead atoms. The first-order valence-corrected chi connectivity index (χ1v) is 16.5. The van der Waals surface area contributed by atoms with Gasteiger partial charge in [0.1, 0.15) is 18.3 Å². The Morgan fingerprint density at radius 1 is 0.822 bits per heavy atom. The fourth-order valence-electron chi connectivity index (χ4n) is 5.04. The van der Waals surface area contributed by atoms with E-state index in [4.69, 9.17) is 4.74 Å². The minimum Gasteiger partial charge on any atom is -0.495 e. The van der Waals surface area contributed by atoms with Gasteiger partial charge in [0.2, 0.25) is 11.8 Å². The average Bonchev–Trinajstić information content (AvgIpc) is 3.05. The molecule has 0 spiro atoms. The van der Waals surface area contributed by atoms with Crippen molar-refractivity contribution in [3.63, 3.8) is 0 Å². The van der Waals surface area contributed by atoms with Gasteiger partial charge >= 0.3 is 0 Å². The maximum Gasteiger partial charge on any atom is 0.264 e. The number of aryl methyl sites for hydroxylation is 2. The van der Waals surface area contributed by atoms with Gasteiger partial charge < -0.3 is 15.0 Å². The van der Waals surface area contributed by atoms with Gasteiger partial charge in [-0.25, -0.2) is 8.42 Å². The van der Waals surface area contributed by atoms with Gasteiger partial charge in [-0.1, -0.05) is 91.3 Å². The van der Waals surface area contributed by atoms with E-state index >= 15 is 0 Å². The van der Waals surface area contributed by atoms with E-state index in [9.17, 15) is 18.0 Å². The molecule has 1 atom stereocenters. The summed E-state index contributed by atoms with van der Waals surface area (Å²) in [5.74, 6) is -0.516. The third-order valence-corrected chi connectivity index (χ3v) is 9.28. The van der Waals surface area contributed by atoms with Crippen LogP contribution in [0.5, 0.6) is 5.75 Å². The quantitative estimate of drug-likeness (QED) is 0.194. The van der Waals surface area contributed by atoms with Crippen LogP contribution in [0.15, 0.2) is 108 Å². The molecule has 0 aliphatic rings. The number of ether oxygens (including phenoxy) is 1. The number of carbonyl (C=O) groups is 2. The number of hydrogen-bond donors (Lipinski definition) is 1. The second-order valence-corrected chi connectivity index (χ2v) is 12.9. The molecule has 0 saturated heterocycles. The number of benzene rings is 4. The monoisotopic (exact) mass is 627 g/mol. The molecule has 0 aliphatic heterocycles. The number of methoxy groups -OCH3 is 1. The highest BCUT2D eigenvalue weighted by Crippen LogP contribution is 2.34. The van der Waals surface area contributed by atoms with Crippen LogP contribution in [0.3, 0.4) is 0 Å². The Kier molecular flexibility index (Phi) is 11.4. The van der Waals surface area contributed by atoms with Crippen molar-refractivity contribution in [2.75, 3.05) is 24.5 Å². The molecular formula is C36H41N3O5S. The number of nitrogens with zero attached hydrogens (tertiary/aromatic N) is 2. The molecule has 1 N–H and O–H groups in total. The lowest BCUT2D eigenvalue weighted by Crippen LogP contribution is -2.53. The highest BCUT2D eigenvalue weighted by molar-refractivity contribution is 7.92. The zero-order valence-electron chi connectivity index (χ0n) is 26.3. The summed E-state index contributed by atoms with van der Waals surface area (Å²) in [6, 6.07) is 29.5. The molecular weight excluding hydrogens is 586 g/mol. The van der Waals surface area contributed by atoms with Crippen LogP contribution in [0.25, 0.3) is 0 Å². The fraction of sp³-hybridized carbons (Fsp3) is 0.278. The number of amides is 2. The van der Waals surface area contributed by atoms with Crippen LogP contribution in [0.2, 0.25) is 0 Å². The van der Waals surface area contributed by atoms with Crippen LogP contribution < -0.4 is 14.4 Å². The van der Waals surface area contributed by atoms with Crippen molar-refractivity contribution < 1.29 is 22.7 Å². The molecule has 0 unspecified atom stereocenters.